The summed E-state index contributed by atoms with van der Waals surface area (Å²) in [6.07, 6.45) is 0.705. The van der Waals surface area contributed by atoms with Crippen molar-refractivity contribution in [3.8, 4) is 0 Å². The molecule has 0 aliphatic carbocycles. The summed E-state index contributed by atoms with van der Waals surface area (Å²) in [6.45, 7) is 2.82. The number of nitrogens with zero attached hydrogens (tertiary/aromatic N) is 1. The molecule has 0 spiro atoms. The van der Waals surface area contributed by atoms with Crippen LogP contribution in [0.25, 0.3) is 0 Å². The summed E-state index contributed by atoms with van der Waals surface area (Å²) >= 11 is 0. The average molecular weight is 314 g/mol. The number of carbonyl (C=O) groups excluding carboxylic acids is 1. The van der Waals surface area contributed by atoms with Crippen LogP contribution in [0.15, 0.2) is 23.1 Å². The lowest BCUT2D eigenvalue weighted by atomic mass is 10.1. The molecule has 6 nitrogen and oxygen atoms in total. The Labute approximate surface area is 126 Å². The van der Waals surface area contributed by atoms with Gasteiger partial charge in [-0.05, 0) is 31.0 Å². The van der Waals surface area contributed by atoms with Crippen molar-refractivity contribution in [1.29, 1.82) is 0 Å². The number of methoxy groups -OCH3 is 1. The summed E-state index contributed by atoms with van der Waals surface area (Å²) < 4.78 is 30.2. The molecule has 0 saturated heterocycles. The molecule has 0 saturated carbocycles. The molecule has 0 aliphatic heterocycles. The van der Waals surface area contributed by atoms with Gasteiger partial charge < -0.3 is 10.1 Å². The van der Waals surface area contributed by atoms with Crippen molar-refractivity contribution in [3.05, 3.63) is 29.3 Å². The highest BCUT2D eigenvalue weighted by Gasteiger charge is 2.19. The number of carbonyl (C=O) groups is 1. The summed E-state index contributed by atoms with van der Waals surface area (Å²) in [5.74, 6) is -0.278. The third-order valence-corrected chi connectivity index (χ3v) is 4.85. The van der Waals surface area contributed by atoms with Crippen molar-refractivity contribution >= 4 is 15.9 Å². The number of ether oxygens (including phenoxy) is 1. The SMILES string of the molecule is COCCCNC(=O)c1cc(S(=O)(=O)N(C)C)ccc1C. The first-order chi connectivity index (χ1) is 9.80. The molecule has 118 valence electrons. The Balaban J connectivity index is 2.95. The van der Waals surface area contributed by atoms with Gasteiger partial charge in [-0.2, -0.15) is 0 Å². The second kappa shape index (κ2) is 7.53. The maximum atomic E-state index is 12.1. The van der Waals surface area contributed by atoms with Gasteiger partial charge in [0.15, 0.2) is 0 Å². The highest BCUT2D eigenvalue weighted by molar-refractivity contribution is 7.89. The Morgan fingerprint density at radius 1 is 1.33 bits per heavy atom. The monoisotopic (exact) mass is 314 g/mol. The van der Waals surface area contributed by atoms with E-state index in [2.05, 4.69) is 5.32 Å². The Morgan fingerprint density at radius 2 is 2.00 bits per heavy atom. The molecule has 1 amide bonds. The van der Waals surface area contributed by atoms with Crippen LogP contribution >= 0.6 is 0 Å². The van der Waals surface area contributed by atoms with Crippen molar-refractivity contribution in [2.24, 2.45) is 0 Å². The molecule has 0 aromatic heterocycles. The van der Waals surface area contributed by atoms with Crippen LogP contribution in [-0.4, -0.2) is 53.0 Å². The zero-order valence-corrected chi connectivity index (χ0v) is 13.7. The van der Waals surface area contributed by atoms with Gasteiger partial charge in [-0.1, -0.05) is 6.07 Å². The minimum absolute atomic E-state index is 0.111. The van der Waals surface area contributed by atoms with Gasteiger partial charge in [-0.3, -0.25) is 4.79 Å². The van der Waals surface area contributed by atoms with Crippen LogP contribution in [0.2, 0.25) is 0 Å². The normalized spacial score (nSPS) is 11.7. The molecular formula is C14H22N2O4S. The molecule has 1 aromatic carbocycles. The maximum absolute atomic E-state index is 12.1. The Morgan fingerprint density at radius 3 is 2.57 bits per heavy atom. The number of aryl methyl sites for hydroxylation is 1. The number of rotatable bonds is 7. The Hall–Kier alpha value is -1.44. The van der Waals surface area contributed by atoms with Gasteiger partial charge in [0.2, 0.25) is 10.0 Å². The topological polar surface area (TPSA) is 75.7 Å². The van der Waals surface area contributed by atoms with Crippen LogP contribution < -0.4 is 5.32 Å². The molecule has 0 unspecified atom stereocenters. The van der Waals surface area contributed by atoms with E-state index < -0.39 is 10.0 Å². The summed E-state index contributed by atoms with van der Waals surface area (Å²) in [4.78, 5) is 12.2. The van der Waals surface area contributed by atoms with Gasteiger partial charge in [0.1, 0.15) is 0 Å². The minimum Gasteiger partial charge on any atom is -0.385 e. The minimum atomic E-state index is -3.55. The fourth-order valence-corrected chi connectivity index (χ4v) is 2.66. The van der Waals surface area contributed by atoms with Gasteiger partial charge in [-0.25, -0.2) is 12.7 Å². The van der Waals surface area contributed by atoms with Gasteiger partial charge in [0, 0.05) is 39.9 Å². The number of benzene rings is 1. The molecule has 0 fully saturated rings. The summed E-state index contributed by atoms with van der Waals surface area (Å²) in [6, 6.07) is 4.56. The number of sulfonamides is 1. The lowest BCUT2D eigenvalue weighted by Crippen LogP contribution is -2.27. The number of nitrogens with one attached hydrogen (secondary N) is 1. The summed E-state index contributed by atoms with van der Waals surface area (Å²) in [5, 5.41) is 2.76. The third kappa shape index (κ3) is 4.52. The molecule has 7 heteroatoms. The standard InChI is InChI=1S/C14H22N2O4S/c1-11-6-7-12(21(18,19)16(2)3)10-13(11)14(17)15-8-5-9-20-4/h6-7,10H,5,8-9H2,1-4H3,(H,15,17). The predicted molar refractivity (Wildman–Crippen MR) is 80.9 cm³/mol. The van der Waals surface area contributed by atoms with Crippen molar-refractivity contribution in [2.75, 3.05) is 34.4 Å². The number of hydrogen-bond donors (Lipinski definition) is 1. The second-order valence-corrected chi connectivity index (χ2v) is 7.02. The van der Waals surface area contributed by atoms with E-state index in [0.29, 0.717) is 25.1 Å². The zero-order chi connectivity index (χ0) is 16.0. The first kappa shape index (κ1) is 17.6. The van der Waals surface area contributed by atoms with Crippen LogP contribution in [-0.2, 0) is 14.8 Å². The molecule has 1 rings (SSSR count). The number of hydrogen-bond acceptors (Lipinski definition) is 4. The van der Waals surface area contributed by atoms with Gasteiger partial charge in [0.05, 0.1) is 4.90 Å². The highest BCUT2D eigenvalue weighted by atomic mass is 32.2. The van der Waals surface area contributed by atoms with Crippen molar-refractivity contribution < 1.29 is 17.9 Å². The van der Waals surface area contributed by atoms with E-state index >= 15 is 0 Å². The molecule has 0 bridgehead atoms. The quantitative estimate of drug-likeness (QED) is 0.762. The average Bonchev–Trinajstić information content (AvgIpc) is 2.43. The molecule has 1 aromatic rings. The zero-order valence-electron chi connectivity index (χ0n) is 12.8. The Kier molecular flexibility index (Phi) is 6.32. The van der Waals surface area contributed by atoms with E-state index in [1.54, 1.807) is 20.1 Å². The fourth-order valence-electron chi connectivity index (χ4n) is 1.73. The first-order valence-corrected chi connectivity index (χ1v) is 8.05. The lowest BCUT2D eigenvalue weighted by molar-refractivity contribution is 0.0948. The second-order valence-electron chi connectivity index (χ2n) is 4.87. The van der Waals surface area contributed by atoms with E-state index in [1.807, 2.05) is 0 Å². The van der Waals surface area contributed by atoms with Crippen LogP contribution in [0.3, 0.4) is 0 Å². The van der Waals surface area contributed by atoms with Crippen molar-refractivity contribution in [1.82, 2.24) is 9.62 Å². The first-order valence-electron chi connectivity index (χ1n) is 6.61. The predicted octanol–water partition coefficient (Wildman–Crippen LogP) is 1.01. The van der Waals surface area contributed by atoms with Crippen LogP contribution in [0, 0.1) is 6.92 Å². The van der Waals surface area contributed by atoms with E-state index in [-0.39, 0.29) is 10.8 Å². The third-order valence-electron chi connectivity index (χ3n) is 3.04. The van der Waals surface area contributed by atoms with Gasteiger partial charge in [0.25, 0.3) is 5.91 Å². The summed E-state index contributed by atoms with van der Waals surface area (Å²) in [7, 11) is 0.969. The molecule has 0 atom stereocenters. The van der Waals surface area contributed by atoms with Crippen molar-refractivity contribution in [2.45, 2.75) is 18.2 Å². The summed E-state index contributed by atoms with van der Waals surface area (Å²) in [5.41, 5.74) is 1.10. The highest BCUT2D eigenvalue weighted by Crippen LogP contribution is 2.18. The Bertz CT molecular complexity index is 597. The van der Waals surface area contributed by atoms with Crippen LogP contribution in [0.5, 0.6) is 0 Å². The largest absolute Gasteiger partial charge is 0.385 e. The van der Waals surface area contributed by atoms with E-state index in [9.17, 15) is 13.2 Å². The molecule has 21 heavy (non-hydrogen) atoms. The van der Waals surface area contributed by atoms with Crippen LogP contribution in [0.4, 0.5) is 0 Å². The lowest BCUT2D eigenvalue weighted by Gasteiger charge is -2.13. The van der Waals surface area contributed by atoms with Crippen molar-refractivity contribution in [3.63, 3.8) is 0 Å². The maximum Gasteiger partial charge on any atom is 0.251 e. The fraction of sp³-hybridized carbons (Fsp3) is 0.500. The smallest absolute Gasteiger partial charge is 0.251 e. The van der Waals surface area contributed by atoms with Crippen LogP contribution in [0.1, 0.15) is 22.3 Å². The molecular weight excluding hydrogens is 292 g/mol. The number of amides is 1. The van der Waals surface area contributed by atoms with Gasteiger partial charge in [-0.15, -0.1) is 0 Å². The van der Waals surface area contributed by atoms with E-state index in [1.165, 1.54) is 26.2 Å². The molecule has 0 heterocycles. The van der Waals surface area contributed by atoms with E-state index in [4.69, 9.17) is 4.74 Å². The van der Waals surface area contributed by atoms with Gasteiger partial charge >= 0.3 is 0 Å². The van der Waals surface area contributed by atoms with E-state index in [0.717, 1.165) is 9.87 Å². The molecule has 0 radical (unpaired) electrons. The molecule has 0 aliphatic rings. The molecule has 1 N–H and O–H groups in total.